The van der Waals surface area contributed by atoms with E-state index in [2.05, 4.69) is 54.3 Å². The molecular weight excluding hydrogens is 172 g/mol. The monoisotopic (exact) mass is 186 g/mol. The van der Waals surface area contributed by atoms with Crippen LogP contribution in [0.15, 0.2) is 42.6 Å². The third-order valence-electron chi connectivity index (χ3n) is 2.27. The molecule has 1 aromatic carbocycles. The van der Waals surface area contributed by atoms with E-state index in [1.165, 1.54) is 11.3 Å². The van der Waals surface area contributed by atoms with E-state index in [1.807, 2.05) is 12.3 Å². The van der Waals surface area contributed by atoms with Gasteiger partial charge in [0.25, 0.3) is 0 Å². The molecule has 0 spiro atoms. The van der Waals surface area contributed by atoms with E-state index in [-0.39, 0.29) is 0 Å². The second-order valence-electron chi connectivity index (χ2n) is 3.50. The summed E-state index contributed by atoms with van der Waals surface area (Å²) in [5, 5.41) is 0. The fraction of sp³-hybridized carbons (Fsp3) is 0.167. The number of nitrogens with zero attached hydrogens (tertiary/aromatic N) is 1. The highest BCUT2D eigenvalue weighted by molar-refractivity contribution is 5.76. The van der Waals surface area contributed by atoms with Gasteiger partial charge < -0.3 is 9.88 Å². The molecule has 0 aliphatic carbocycles. The number of para-hydroxylation sites is 1. The van der Waals surface area contributed by atoms with Crippen molar-refractivity contribution in [2.24, 2.45) is 0 Å². The van der Waals surface area contributed by atoms with Crippen molar-refractivity contribution < 1.29 is 0 Å². The fourth-order valence-electron chi connectivity index (χ4n) is 1.59. The van der Waals surface area contributed by atoms with Crippen LogP contribution in [0, 0.1) is 0 Å². The Labute approximate surface area is 84.2 Å². The van der Waals surface area contributed by atoms with Crippen LogP contribution in [0.25, 0.3) is 11.3 Å². The Hall–Kier alpha value is -1.70. The van der Waals surface area contributed by atoms with Gasteiger partial charge in [-0.1, -0.05) is 18.2 Å². The number of anilines is 1. The zero-order chi connectivity index (χ0) is 9.97. The van der Waals surface area contributed by atoms with Gasteiger partial charge in [-0.2, -0.15) is 0 Å². The summed E-state index contributed by atoms with van der Waals surface area (Å²) in [6.07, 6.45) is 1.95. The summed E-state index contributed by atoms with van der Waals surface area (Å²) < 4.78 is 0. The molecule has 0 unspecified atom stereocenters. The van der Waals surface area contributed by atoms with Crippen LogP contribution in [-0.2, 0) is 0 Å². The molecule has 0 fully saturated rings. The fourth-order valence-corrected chi connectivity index (χ4v) is 1.59. The molecule has 0 saturated heterocycles. The smallest absolute Gasteiger partial charge is 0.0474 e. The number of nitrogens with one attached hydrogen (secondary N) is 1. The predicted molar refractivity (Wildman–Crippen MR) is 60.6 cm³/mol. The zero-order valence-corrected chi connectivity index (χ0v) is 8.49. The number of aromatic nitrogens is 1. The standard InChI is InChI=1S/C12H14N2/c1-14(2)12-8-4-3-6-10(12)11-7-5-9-13-11/h3-9,13H,1-2H3. The molecular formula is C12H14N2. The predicted octanol–water partition coefficient (Wildman–Crippen LogP) is 2.75. The topological polar surface area (TPSA) is 19.0 Å². The quantitative estimate of drug-likeness (QED) is 0.764. The first-order chi connectivity index (χ1) is 6.79. The molecule has 1 aromatic heterocycles. The van der Waals surface area contributed by atoms with E-state index in [0.29, 0.717) is 0 Å². The van der Waals surface area contributed by atoms with Crippen molar-refractivity contribution in [1.82, 2.24) is 4.98 Å². The van der Waals surface area contributed by atoms with Gasteiger partial charge in [0.1, 0.15) is 0 Å². The van der Waals surface area contributed by atoms with Gasteiger partial charge in [-0.05, 0) is 18.2 Å². The van der Waals surface area contributed by atoms with Crippen LogP contribution < -0.4 is 4.90 Å². The van der Waals surface area contributed by atoms with Crippen LogP contribution in [0.5, 0.6) is 0 Å². The van der Waals surface area contributed by atoms with E-state index in [1.54, 1.807) is 0 Å². The second kappa shape index (κ2) is 3.58. The summed E-state index contributed by atoms with van der Waals surface area (Å²) in [6, 6.07) is 12.5. The molecule has 2 nitrogen and oxygen atoms in total. The van der Waals surface area contributed by atoms with Crippen molar-refractivity contribution in [3.8, 4) is 11.3 Å². The lowest BCUT2D eigenvalue weighted by Crippen LogP contribution is -2.09. The summed E-state index contributed by atoms with van der Waals surface area (Å²) in [6.45, 7) is 0. The third-order valence-corrected chi connectivity index (χ3v) is 2.27. The SMILES string of the molecule is CN(C)c1ccccc1-c1ccc[nH]1. The lowest BCUT2D eigenvalue weighted by atomic mass is 10.1. The highest BCUT2D eigenvalue weighted by Gasteiger charge is 2.05. The number of rotatable bonds is 2. The number of hydrogen-bond acceptors (Lipinski definition) is 1. The Kier molecular flexibility index (Phi) is 2.27. The van der Waals surface area contributed by atoms with Crippen molar-refractivity contribution in [3.63, 3.8) is 0 Å². The molecule has 0 atom stereocenters. The summed E-state index contributed by atoms with van der Waals surface area (Å²) in [4.78, 5) is 5.34. The molecule has 2 aromatic rings. The van der Waals surface area contributed by atoms with Crippen molar-refractivity contribution in [2.45, 2.75) is 0 Å². The van der Waals surface area contributed by atoms with Crippen LogP contribution in [0.1, 0.15) is 0 Å². The second-order valence-corrected chi connectivity index (χ2v) is 3.50. The molecule has 0 bridgehead atoms. The first kappa shape index (κ1) is 8.88. The Morgan fingerprint density at radius 1 is 1.00 bits per heavy atom. The molecule has 2 heteroatoms. The molecule has 0 aliphatic heterocycles. The van der Waals surface area contributed by atoms with Crippen LogP contribution in [-0.4, -0.2) is 19.1 Å². The van der Waals surface area contributed by atoms with Crippen molar-refractivity contribution in [1.29, 1.82) is 0 Å². The molecule has 0 radical (unpaired) electrons. The minimum atomic E-state index is 1.16. The zero-order valence-electron chi connectivity index (χ0n) is 8.49. The number of H-pyrrole nitrogens is 1. The van der Waals surface area contributed by atoms with E-state index < -0.39 is 0 Å². The maximum atomic E-state index is 3.22. The molecule has 0 amide bonds. The van der Waals surface area contributed by atoms with E-state index in [9.17, 15) is 0 Å². The van der Waals surface area contributed by atoms with E-state index in [4.69, 9.17) is 0 Å². The average molecular weight is 186 g/mol. The van der Waals surface area contributed by atoms with Gasteiger partial charge in [0.2, 0.25) is 0 Å². The highest BCUT2D eigenvalue weighted by atomic mass is 15.1. The van der Waals surface area contributed by atoms with Gasteiger partial charge >= 0.3 is 0 Å². The van der Waals surface area contributed by atoms with Crippen LogP contribution >= 0.6 is 0 Å². The molecule has 1 heterocycles. The maximum absolute atomic E-state index is 3.22. The summed E-state index contributed by atoms with van der Waals surface area (Å²) in [5.74, 6) is 0. The lowest BCUT2D eigenvalue weighted by Gasteiger charge is -2.16. The van der Waals surface area contributed by atoms with Gasteiger partial charge in [-0.25, -0.2) is 0 Å². The Morgan fingerprint density at radius 2 is 1.79 bits per heavy atom. The van der Waals surface area contributed by atoms with E-state index in [0.717, 1.165) is 5.69 Å². The van der Waals surface area contributed by atoms with Crippen LogP contribution in [0.2, 0.25) is 0 Å². The number of hydrogen-bond donors (Lipinski definition) is 1. The Balaban J connectivity index is 2.53. The number of aromatic amines is 1. The Bertz CT molecular complexity index is 402. The Morgan fingerprint density at radius 3 is 2.43 bits per heavy atom. The highest BCUT2D eigenvalue weighted by Crippen LogP contribution is 2.27. The molecule has 0 saturated carbocycles. The van der Waals surface area contributed by atoms with Crippen LogP contribution in [0.4, 0.5) is 5.69 Å². The summed E-state index contributed by atoms with van der Waals surface area (Å²) in [5.41, 5.74) is 3.63. The maximum Gasteiger partial charge on any atom is 0.0474 e. The summed E-state index contributed by atoms with van der Waals surface area (Å²) >= 11 is 0. The van der Waals surface area contributed by atoms with Gasteiger partial charge in [0.05, 0.1) is 0 Å². The van der Waals surface area contributed by atoms with Crippen molar-refractivity contribution in [2.75, 3.05) is 19.0 Å². The summed E-state index contributed by atoms with van der Waals surface area (Å²) in [7, 11) is 4.11. The first-order valence-corrected chi connectivity index (χ1v) is 4.69. The van der Waals surface area contributed by atoms with Crippen molar-refractivity contribution in [3.05, 3.63) is 42.6 Å². The van der Waals surface area contributed by atoms with Crippen molar-refractivity contribution >= 4 is 5.69 Å². The van der Waals surface area contributed by atoms with Gasteiger partial charge in [-0.15, -0.1) is 0 Å². The number of benzene rings is 1. The normalized spacial score (nSPS) is 10.1. The molecule has 1 N–H and O–H groups in total. The molecule has 14 heavy (non-hydrogen) atoms. The van der Waals surface area contributed by atoms with Crippen LogP contribution in [0.3, 0.4) is 0 Å². The largest absolute Gasteiger partial charge is 0.377 e. The molecule has 0 aliphatic rings. The minimum Gasteiger partial charge on any atom is -0.377 e. The van der Waals surface area contributed by atoms with Gasteiger partial charge in [0.15, 0.2) is 0 Å². The third kappa shape index (κ3) is 1.51. The molecule has 72 valence electrons. The van der Waals surface area contributed by atoms with Gasteiger partial charge in [-0.3, -0.25) is 0 Å². The minimum absolute atomic E-state index is 1.16. The lowest BCUT2D eigenvalue weighted by molar-refractivity contribution is 1.13. The van der Waals surface area contributed by atoms with Gasteiger partial charge in [0, 0.05) is 37.2 Å². The van der Waals surface area contributed by atoms with E-state index >= 15 is 0 Å². The first-order valence-electron chi connectivity index (χ1n) is 4.69. The average Bonchev–Trinajstić information content (AvgIpc) is 2.70. The molecule has 2 rings (SSSR count).